The van der Waals surface area contributed by atoms with Gasteiger partial charge in [0.25, 0.3) is 0 Å². The first-order valence-electron chi connectivity index (χ1n) is 7.34. The summed E-state index contributed by atoms with van der Waals surface area (Å²) >= 11 is 0. The lowest BCUT2D eigenvalue weighted by Gasteiger charge is -2.38. The fourth-order valence-corrected chi connectivity index (χ4v) is 4.64. The van der Waals surface area contributed by atoms with Crippen molar-refractivity contribution in [3.63, 3.8) is 0 Å². The van der Waals surface area contributed by atoms with Crippen LogP contribution in [-0.2, 0) is 10.0 Å². The maximum absolute atomic E-state index is 12.9. The van der Waals surface area contributed by atoms with Crippen molar-refractivity contribution in [2.24, 2.45) is 0 Å². The van der Waals surface area contributed by atoms with Gasteiger partial charge in [0.15, 0.2) is 0 Å². The number of hydrogen-bond acceptors (Lipinski definition) is 4. The molecule has 1 atom stereocenters. The Kier molecular flexibility index (Phi) is 4.60. The van der Waals surface area contributed by atoms with Crippen molar-refractivity contribution in [1.82, 2.24) is 9.21 Å². The lowest BCUT2D eigenvalue weighted by Crippen LogP contribution is -2.52. The Labute approximate surface area is 127 Å². The molecule has 0 aromatic heterocycles. The van der Waals surface area contributed by atoms with Gasteiger partial charge in [-0.25, -0.2) is 8.42 Å². The fraction of sp³-hybridized carbons (Fsp3) is 0.600. The van der Waals surface area contributed by atoms with Crippen LogP contribution in [0.2, 0.25) is 0 Å². The van der Waals surface area contributed by atoms with Crippen molar-refractivity contribution in [3.8, 4) is 0 Å². The van der Waals surface area contributed by atoms with E-state index in [1.165, 1.54) is 0 Å². The summed E-state index contributed by atoms with van der Waals surface area (Å²) in [6.45, 7) is 7.66. The van der Waals surface area contributed by atoms with Crippen LogP contribution in [0.25, 0.3) is 0 Å². The van der Waals surface area contributed by atoms with Gasteiger partial charge in [-0.3, -0.25) is 0 Å². The molecule has 1 saturated heterocycles. The van der Waals surface area contributed by atoms with E-state index < -0.39 is 10.0 Å². The number of piperazine rings is 1. The number of likely N-dealkylation sites (N-methyl/N-ethyl adjacent to an activating group) is 1. The van der Waals surface area contributed by atoms with E-state index in [1.807, 2.05) is 27.0 Å². The minimum Gasteiger partial charge on any atom is -0.399 e. The lowest BCUT2D eigenvalue weighted by molar-refractivity contribution is 0.144. The zero-order chi connectivity index (χ0) is 15.8. The number of nitrogen functional groups attached to an aromatic ring is 1. The normalized spacial score (nSPS) is 21.6. The van der Waals surface area contributed by atoms with Gasteiger partial charge in [0.05, 0.1) is 4.90 Å². The molecule has 1 aliphatic rings. The van der Waals surface area contributed by atoms with Gasteiger partial charge in [-0.05, 0) is 50.6 Å². The van der Waals surface area contributed by atoms with Gasteiger partial charge < -0.3 is 10.6 Å². The molecule has 1 aromatic rings. The molecular formula is C15H25N3O2S. The summed E-state index contributed by atoms with van der Waals surface area (Å²) in [5, 5.41) is 0. The highest BCUT2D eigenvalue weighted by molar-refractivity contribution is 7.89. The Hall–Kier alpha value is -1.11. The summed E-state index contributed by atoms with van der Waals surface area (Å²) in [6, 6.07) is 3.67. The summed E-state index contributed by atoms with van der Waals surface area (Å²) in [7, 11) is -1.43. The van der Waals surface area contributed by atoms with Crippen LogP contribution in [0.1, 0.15) is 24.5 Å². The third kappa shape index (κ3) is 3.07. The molecule has 1 aliphatic heterocycles. The van der Waals surface area contributed by atoms with Gasteiger partial charge in [-0.1, -0.05) is 6.92 Å². The summed E-state index contributed by atoms with van der Waals surface area (Å²) in [5.74, 6) is 0. The number of benzene rings is 1. The number of nitrogens with two attached hydrogens (primary N) is 1. The molecule has 118 valence electrons. The predicted octanol–water partition coefficient (Wildman–Crippen LogP) is 1.60. The number of hydrogen-bond donors (Lipinski definition) is 1. The molecule has 0 radical (unpaired) electrons. The highest BCUT2D eigenvalue weighted by atomic mass is 32.2. The van der Waals surface area contributed by atoms with Crippen molar-refractivity contribution >= 4 is 15.7 Å². The number of sulfonamides is 1. The second-order valence-electron chi connectivity index (χ2n) is 5.87. The highest BCUT2D eigenvalue weighted by Crippen LogP contribution is 2.27. The van der Waals surface area contributed by atoms with E-state index >= 15 is 0 Å². The van der Waals surface area contributed by atoms with Crippen LogP contribution in [0.3, 0.4) is 0 Å². The fourth-order valence-electron chi connectivity index (χ4n) is 2.84. The van der Waals surface area contributed by atoms with Crippen LogP contribution in [-0.4, -0.2) is 50.3 Å². The van der Waals surface area contributed by atoms with E-state index in [-0.39, 0.29) is 6.04 Å². The quantitative estimate of drug-likeness (QED) is 0.861. The summed E-state index contributed by atoms with van der Waals surface area (Å²) in [5.41, 5.74) is 8.04. The Morgan fingerprint density at radius 1 is 1.29 bits per heavy atom. The molecule has 0 aliphatic carbocycles. The third-order valence-corrected chi connectivity index (χ3v) is 6.46. The van der Waals surface area contributed by atoms with Crippen LogP contribution in [0.5, 0.6) is 0 Å². The van der Waals surface area contributed by atoms with Gasteiger partial charge in [-0.15, -0.1) is 0 Å². The van der Waals surface area contributed by atoms with Gasteiger partial charge in [0.1, 0.15) is 0 Å². The monoisotopic (exact) mass is 311 g/mol. The standard InChI is InChI=1S/C15H25N3O2S/c1-5-14-10-18(7-6-17(14)4)21(19,20)15-9-13(16)8-11(2)12(15)3/h8-9,14H,5-7,10,16H2,1-4H3. The van der Waals surface area contributed by atoms with Gasteiger partial charge in [-0.2, -0.15) is 4.31 Å². The molecule has 1 fully saturated rings. The number of anilines is 1. The second kappa shape index (κ2) is 5.94. The summed E-state index contributed by atoms with van der Waals surface area (Å²) in [4.78, 5) is 2.57. The third-order valence-electron chi connectivity index (χ3n) is 4.47. The number of nitrogens with zero attached hydrogens (tertiary/aromatic N) is 2. The van der Waals surface area contributed by atoms with Crippen LogP contribution in [0.4, 0.5) is 5.69 Å². The van der Waals surface area contributed by atoms with Crippen LogP contribution >= 0.6 is 0 Å². The smallest absolute Gasteiger partial charge is 0.243 e. The first kappa shape index (κ1) is 16.3. The zero-order valence-electron chi connectivity index (χ0n) is 13.3. The van der Waals surface area contributed by atoms with E-state index in [9.17, 15) is 8.42 Å². The molecule has 0 spiro atoms. The molecule has 1 aromatic carbocycles. The maximum atomic E-state index is 12.9. The largest absolute Gasteiger partial charge is 0.399 e. The van der Waals surface area contributed by atoms with Crippen molar-refractivity contribution < 1.29 is 8.42 Å². The molecule has 0 bridgehead atoms. The topological polar surface area (TPSA) is 66.6 Å². The molecule has 21 heavy (non-hydrogen) atoms. The van der Waals surface area contributed by atoms with E-state index in [1.54, 1.807) is 10.4 Å². The van der Waals surface area contributed by atoms with Crippen molar-refractivity contribution in [1.29, 1.82) is 0 Å². The van der Waals surface area contributed by atoms with Crippen molar-refractivity contribution in [2.75, 3.05) is 32.4 Å². The SMILES string of the molecule is CCC1CN(S(=O)(=O)c2cc(N)cc(C)c2C)CCN1C. The molecule has 6 heteroatoms. The molecular weight excluding hydrogens is 286 g/mol. The van der Waals surface area contributed by atoms with Crippen molar-refractivity contribution in [2.45, 2.75) is 38.1 Å². The van der Waals surface area contributed by atoms with Gasteiger partial charge >= 0.3 is 0 Å². The highest BCUT2D eigenvalue weighted by Gasteiger charge is 2.33. The Morgan fingerprint density at radius 3 is 2.57 bits per heavy atom. The van der Waals surface area contributed by atoms with Crippen LogP contribution in [0, 0.1) is 13.8 Å². The van der Waals surface area contributed by atoms with Crippen molar-refractivity contribution in [3.05, 3.63) is 23.3 Å². The molecule has 0 amide bonds. The summed E-state index contributed by atoms with van der Waals surface area (Å²) in [6.07, 6.45) is 0.942. The predicted molar refractivity (Wildman–Crippen MR) is 85.8 cm³/mol. The maximum Gasteiger partial charge on any atom is 0.243 e. The van der Waals surface area contributed by atoms with Crippen LogP contribution < -0.4 is 5.73 Å². The van der Waals surface area contributed by atoms with E-state index in [2.05, 4.69) is 11.8 Å². The lowest BCUT2D eigenvalue weighted by atomic mass is 10.1. The first-order valence-corrected chi connectivity index (χ1v) is 8.78. The average molecular weight is 311 g/mol. The minimum atomic E-state index is -3.48. The zero-order valence-corrected chi connectivity index (χ0v) is 14.1. The van der Waals surface area contributed by atoms with Gasteiger partial charge in [0, 0.05) is 31.4 Å². The van der Waals surface area contributed by atoms with E-state index in [0.29, 0.717) is 23.7 Å². The van der Waals surface area contributed by atoms with E-state index in [0.717, 1.165) is 24.1 Å². The number of aryl methyl sites for hydroxylation is 1. The molecule has 0 saturated carbocycles. The molecule has 2 rings (SSSR count). The van der Waals surface area contributed by atoms with Crippen LogP contribution in [0.15, 0.2) is 17.0 Å². The van der Waals surface area contributed by atoms with E-state index in [4.69, 9.17) is 5.73 Å². The Morgan fingerprint density at radius 2 is 1.95 bits per heavy atom. The second-order valence-corrected chi connectivity index (χ2v) is 7.77. The summed E-state index contributed by atoms with van der Waals surface area (Å²) < 4.78 is 27.5. The number of rotatable bonds is 3. The first-order chi connectivity index (χ1) is 9.77. The Balaban J connectivity index is 2.39. The Bertz CT molecular complexity index is 628. The molecule has 5 nitrogen and oxygen atoms in total. The molecule has 1 heterocycles. The minimum absolute atomic E-state index is 0.274. The average Bonchev–Trinajstić information content (AvgIpc) is 2.42. The molecule has 2 N–H and O–H groups in total. The molecule has 1 unspecified atom stereocenters. The van der Waals surface area contributed by atoms with Gasteiger partial charge in [0.2, 0.25) is 10.0 Å².